The van der Waals surface area contributed by atoms with E-state index in [4.69, 9.17) is 32.7 Å². The van der Waals surface area contributed by atoms with Crippen LogP contribution in [0.5, 0.6) is 0 Å². The highest BCUT2D eigenvalue weighted by Gasteiger charge is 2.55. The van der Waals surface area contributed by atoms with Crippen molar-refractivity contribution in [3.05, 3.63) is 23.0 Å². The molecule has 4 fully saturated rings. The molecular weight excluding hydrogens is 767 g/mol. The van der Waals surface area contributed by atoms with E-state index in [9.17, 15) is 55.1 Å². The van der Waals surface area contributed by atoms with Crippen LogP contribution in [-0.4, -0.2) is 190 Å². The number of ether oxygens (including phenoxy) is 5. The first kappa shape index (κ1) is 42.4. The van der Waals surface area contributed by atoms with Crippen molar-refractivity contribution < 1.29 is 106 Å². The molecule has 4 aliphatic rings. The van der Waals surface area contributed by atoms with Gasteiger partial charge in [-0.1, -0.05) is 0 Å². The minimum atomic E-state index is -5.39. The maximum atomic E-state index is 13.0. The Hall–Kier alpha value is -2.22. The highest BCUT2D eigenvalue weighted by molar-refractivity contribution is 7.45. The summed E-state index contributed by atoms with van der Waals surface area (Å²) >= 11 is 0. The molecule has 1 aliphatic carbocycles. The van der Waals surface area contributed by atoms with Gasteiger partial charge in [-0.2, -0.15) is 0 Å². The van der Waals surface area contributed by atoms with Crippen LogP contribution in [0.2, 0.25) is 0 Å². The van der Waals surface area contributed by atoms with Gasteiger partial charge in [-0.15, -0.1) is 0 Å². The Morgan fingerprint density at radius 1 is 0.836 bits per heavy atom. The molecule has 5 heterocycles. The number of hydrogen-bond acceptors (Lipinski definition) is 20. The Morgan fingerprint density at radius 3 is 2.11 bits per heavy atom. The minimum absolute atomic E-state index is 0.0222. The van der Waals surface area contributed by atoms with Gasteiger partial charge in [-0.3, -0.25) is 13.9 Å². The summed E-state index contributed by atoms with van der Waals surface area (Å²) in [5.41, 5.74) is 14.8. The third-order valence-electron chi connectivity index (χ3n) is 10.4. The molecule has 0 bridgehead atoms. The van der Waals surface area contributed by atoms with E-state index >= 15 is 0 Å². The van der Waals surface area contributed by atoms with Crippen LogP contribution in [0.3, 0.4) is 0 Å². The van der Waals surface area contributed by atoms with E-state index < -0.39 is 143 Å². The molecular formula is C28H50N8O18P+3. The molecule has 2 aromatic heterocycles. The third-order valence-corrected chi connectivity index (χ3v) is 11.3. The van der Waals surface area contributed by atoms with Crippen LogP contribution < -0.4 is 33.4 Å². The van der Waals surface area contributed by atoms with Gasteiger partial charge in [0.15, 0.2) is 36.1 Å². The SMILES string of the molecule is [NH3+]C[C@H]1O[C@H](O[C@H]2[C@H](O)[C@@H](O[C@H]3O[C@H](CO)[C@@H](O)[C@H]([NH3+])[C@H]3O)[C@H]([NH3+])C[C@@H]2[NH3+])[C@H](O)[C@@H](O)[C@@H]1OP(=O)([O-])OC[C@H]1O[C@@H](n2cnc3c(=O)[nH]cnc32)[C@H](O)[C@@H]1O. The van der Waals surface area contributed by atoms with Crippen molar-refractivity contribution in [3.8, 4) is 0 Å². The maximum Gasteiger partial charge on any atom is 0.278 e. The second kappa shape index (κ2) is 16.9. The summed E-state index contributed by atoms with van der Waals surface area (Å²) in [5, 5.41) is 85.1. The Morgan fingerprint density at radius 2 is 1.47 bits per heavy atom. The Bertz CT molecular complexity index is 1710. The van der Waals surface area contributed by atoms with Gasteiger partial charge in [0.05, 0.1) is 32.3 Å². The lowest BCUT2D eigenvalue weighted by Gasteiger charge is -2.46. The predicted octanol–water partition coefficient (Wildman–Crippen LogP) is -11.9. The van der Waals surface area contributed by atoms with Gasteiger partial charge >= 0.3 is 0 Å². The van der Waals surface area contributed by atoms with Gasteiger partial charge in [0.1, 0.15) is 97.9 Å². The number of aliphatic hydroxyl groups excluding tert-OH is 8. The van der Waals surface area contributed by atoms with E-state index in [0.29, 0.717) is 0 Å². The number of quaternary nitrogens is 4. The normalized spacial score (nSPS) is 45.1. The van der Waals surface area contributed by atoms with Gasteiger partial charge in [-0.05, 0) is 0 Å². The number of aromatic nitrogens is 4. The van der Waals surface area contributed by atoms with Crippen molar-refractivity contribution in [2.45, 2.75) is 123 Å². The predicted molar refractivity (Wildman–Crippen MR) is 169 cm³/mol. The molecule has 27 heteroatoms. The quantitative estimate of drug-likeness (QED) is 0.0884. The van der Waals surface area contributed by atoms with Crippen LogP contribution in [0, 0.1) is 0 Å². The van der Waals surface area contributed by atoms with E-state index in [2.05, 4.69) is 37.9 Å². The van der Waals surface area contributed by atoms with Gasteiger partial charge in [0.2, 0.25) is 0 Å². The fourth-order valence-corrected chi connectivity index (χ4v) is 8.19. The third kappa shape index (κ3) is 8.37. The summed E-state index contributed by atoms with van der Waals surface area (Å²) in [6.45, 7) is -1.70. The number of phosphoric acid groups is 1. The van der Waals surface area contributed by atoms with Crippen LogP contribution in [0.25, 0.3) is 11.2 Å². The lowest BCUT2D eigenvalue weighted by atomic mass is 9.84. The molecule has 1 saturated carbocycles. The first-order valence-corrected chi connectivity index (χ1v) is 18.9. The number of hydrogen-bond donors (Lipinski definition) is 13. The van der Waals surface area contributed by atoms with Crippen molar-refractivity contribution in [1.29, 1.82) is 0 Å². The number of nitrogens with zero attached hydrogens (tertiary/aromatic N) is 3. The van der Waals surface area contributed by atoms with Crippen LogP contribution >= 0.6 is 7.82 Å². The van der Waals surface area contributed by atoms with Crippen LogP contribution in [0.1, 0.15) is 12.6 Å². The number of imidazole rings is 1. The molecule has 20 atom stereocenters. The average Bonchev–Trinajstić information content (AvgIpc) is 3.70. The summed E-state index contributed by atoms with van der Waals surface area (Å²) < 4.78 is 53.0. The number of fused-ring (bicyclic) bond motifs is 1. The number of aromatic amines is 1. The van der Waals surface area contributed by atoms with E-state index in [1.807, 2.05) is 0 Å². The van der Waals surface area contributed by atoms with Gasteiger partial charge in [0.25, 0.3) is 13.4 Å². The first-order chi connectivity index (χ1) is 26.0. The minimum Gasteiger partial charge on any atom is -0.756 e. The van der Waals surface area contributed by atoms with Gasteiger partial charge in [-0.25, -0.2) is 9.97 Å². The van der Waals surface area contributed by atoms with Crippen LogP contribution in [0.4, 0.5) is 0 Å². The molecule has 0 radical (unpaired) electrons. The molecule has 0 aromatic carbocycles. The van der Waals surface area contributed by atoms with Crippen molar-refractivity contribution >= 4 is 19.0 Å². The number of rotatable bonds is 12. The zero-order valence-corrected chi connectivity index (χ0v) is 30.1. The molecule has 312 valence electrons. The second-order valence-corrected chi connectivity index (χ2v) is 15.4. The molecule has 21 N–H and O–H groups in total. The zero-order chi connectivity index (χ0) is 40.1. The molecule has 2 aromatic rings. The second-order valence-electron chi connectivity index (χ2n) is 14.0. The summed E-state index contributed by atoms with van der Waals surface area (Å²) in [6.07, 6.45) is -21.6. The fraction of sp³-hybridized carbons (Fsp3) is 0.821. The number of aliphatic hydroxyl groups is 8. The topological polar surface area (TPSA) is 441 Å². The molecule has 1 unspecified atom stereocenters. The van der Waals surface area contributed by atoms with Crippen molar-refractivity contribution in [2.24, 2.45) is 0 Å². The molecule has 55 heavy (non-hydrogen) atoms. The number of nitrogens with one attached hydrogen (secondary N) is 1. The summed E-state index contributed by atoms with van der Waals surface area (Å²) in [4.78, 5) is 35.3. The molecule has 3 aliphatic heterocycles. The fourth-order valence-electron chi connectivity index (χ4n) is 7.24. The smallest absolute Gasteiger partial charge is 0.278 e. The standard InChI is InChI=1S/C28H47N8O18P/c29-2-9-23(54-55(46,47)48-4-11-15(39)18(42)26(49-11)36-6-35-13-24(36)33-5-34-25(13)45)17(41)19(43)28(50-9)53-22-8(31)1-7(30)21(20(22)44)52-27-16(40)12(32)14(38)10(3-37)51-27/h5-12,14-23,26-28,37-44H,1-4,29-32H2,(H,46,47)(H,33,34,45)/p+3/t7-,8+,9-,10-,11-,12+,14-,15-,16-,17-,18-,19-,20-,21+,22-,23-,26-,27-,28-/m1/s1. The van der Waals surface area contributed by atoms with Crippen LogP contribution in [-0.2, 0) is 37.3 Å². The lowest BCUT2D eigenvalue weighted by molar-refractivity contribution is -0.525. The lowest BCUT2D eigenvalue weighted by Crippen LogP contribution is -2.83. The van der Waals surface area contributed by atoms with E-state index in [-0.39, 0.29) is 24.1 Å². The van der Waals surface area contributed by atoms with E-state index in [1.165, 1.54) is 4.57 Å². The van der Waals surface area contributed by atoms with E-state index in [1.54, 1.807) is 0 Å². The molecule has 3 saturated heterocycles. The first-order valence-electron chi connectivity index (χ1n) is 17.4. The highest BCUT2D eigenvalue weighted by atomic mass is 31.2. The van der Waals surface area contributed by atoms with Crippen LogP contribution in [0.15, 0.2) is 17.4 Å². The van der Waals surface area contributed by atoms with Gasteiger partial charge < -0.3 is 106 Å². The molecule has 26 nitrogen and oxygen atoms in total. The molecule has 0 spiro atoms. The van der Waals surface area contributed by atoms with Gasteiger partial charge in [0, 0.05) is 0 Å². The Balaban J connectivity index is 1.07. The Kier molecular flexibility index (Phi) is 13.1. The maximum absolute atomic E-state index is 13.0. The number of H-pyrrole nitrogens is 1. The van der Waals surface area contributed by atoms with Crippen molar-refractivity contribution in [1.82, 2.24) is 19.5 Å². The molecule has 0 amide bonds. The summed E-state index contributed by atoms with van der Waals surface area (Å²) in [7, 11) is -5.39. The van der Waals surface area contributed by atoms with Crippen molar-refractivity contribution in [3.63, 3.8) is 0 Å². The molecule has 6 rings (SSSR count). The average molecular weight is 818 g/mol. The zero-order valence-electron chi connectivity index (χ0n) is 29.2. The highest BCUT2D eigenvalue weighted by Crippen LogP contribution is 2.44. The summed E-state index contributed by atoms with van der Waals surface area (Å²) in [5.74, 6) is 0. The largest absolute Gasteiger partial charge is 0.756 e. The Labute approximate surface area is 310 Å². The monoisotopic (exact) mass is 817 g/mol. The van der Waals surface area contributed by atoms with E-state index in [0.717, 1.165) is 12.7 Å². The number of phosphoric ester groups is 1. The van der Waals surface area contributed by atoms with Crippen molar-refractivity contribution in [2.75, 3.05) is 19.8 Å². The summed E-state index contributed by atoms with van der Waals surface area (Å²) in [6, 6.07) is -2.32.